The quantitative estimate of drug-likeness (QED) is 0.286. The summed E-state index contributed by atoms with van der Waals surface area (Å²) in [5.41, 5.74) is 5.97. The molecule has 0 radical (unpaired) electrons. The highest BCUT2D eigenvalue weighted by Gasteiger charge is 2.32. The summed E-state index contributed by atoms with van der Waals surface area (Å²) in [4.78, 5) is 12.2. The summed E-state index contributed by atoms with van der Waals surface area (Å²) in [5.74, 6) is -0.122. The summed E-state index contributed by atoms with van der Waals surface area (Å²) in [7, 11) is 1.44. The third kappa shape index (κ3) is 3.18. The number of nitrogens with two attached hydrogens (primary N) is 1. The van der Waals surface area contributed by atoms with Crippen molar-refractivity contribution in [2.75, 3.05) is 7.11 Å². The van der Waals surface area contributed by atoms with Gasteiger partial charge in [0.05, 0.1) is 7.11 Å². The van der Waals surface area contributed by atoms with E-state index in [2.05, 4.69) is 10.5 Å². The van der Waals surface area contributed by atoms with Crippen LogP contribution in [0.5, 0.6) is 11.5 Å². The van der Waals surface area contributed by atoms with Gasteiger partial charge in [-0.25, -0.2) is 0 Å². The Labute approximate surface area is 122 Å². The van der Waals surface area contributed by atoms with Crippen molar-refractivity contribution in [3.8, 4) is 11.5 Å². The number of phenols is 1. The number of aromatic hydroxyl groups is 1. The number of hydrogen-bond acceptors (Lipinski definition) is 5. The Bertz CT molecular complexity index is 559. The number of benzene rings is 1. The van der Waals surface area contributed by atoms with Crippen molar-refractivity contribution >= 4 is 11.7 Å². The SMILES string of the molecule is COc1ccc(C(=O)NC2CCCC2C(N)=NO)cc1O. The molecule has 5 N–H and O–H groups in total. The van der Waals surface area contributed by atoms with Gasteiger partial charge in [0, 0.05) is 17.5 Å². The summed E-state index contributed by atoms with van der Waals surface area (Å²) in [6.07, 6.45) is 2.45. The number of nitrogens with one attached hydrogen (secondary N) is 1. The predicted molar refractivity (Wildman–Crippen MR) is 76.7 cm³/mol. The second-order valence-electron chi connectivity index (χ2n) is 5.03. The van der Waals surface area contributed by atoms with Gasteiger partial charge in [0.15, 0.2) is 11.5 Å². The van der Waals surface area contributed by atoms with E-state index in [4.69, 9.17) is 15.7 Å². The molecule has 114 valence electrons. The standard InChI is InChI=1S/C14H19N3O4/c1-21-12-6-5-8(7-11(12)18)14(19)16-10-4-2-3-9(10)13(15)17-20/h5-7,9-10,18,20H,2-4H2,1H3,(H2,15,17)(H,16,19). The van der Waals surface area contributed by atoms with Crippen LogP contribution in [0, 0.1) is 5.92 Å². The molecule has 1 amide bonds. The van der Waals surface area contributed by atoms with E-state index in [9.17, 15) is 9.90 Å². The maximum atomic E-state index is 12.2. The maximum absolute atomic E-state index is 12.2. The second-order valence-corrected chi connectivity index (χ2v) is 5.03. The summed E-state index contributed by atoms with van der Waals surface area (Å²) in [6, 6.07) is 4.28. The van der Waals surface area contributed by atoms with Crippen LogP contribution in [0.25, 0.3) is 0 Å². The van der Waals surface area contributed by atoms with Crippen molar-refractivity contribution in [3.05, 3.63) is 23.8 Å². The minimum absolute atomic E-state index is 0.0930. The molecule has 21 heavy (non-hydrogen) atoms. The number of ether oxygens (including phenoxy) is 1. The van der Waals surface area contributed by atoms with Crippen molar-refractivity contribution in [1.29, 1.82) is 0 Å². The van der Waals surface area contributed by atoms with Crippen LogP contribution in [-0.4, -0.2) is 35.2 Å². The van der Waals surface area contributed by atoms with Crippen molar-refractivity contribution in [1.82, 2.24) is 5.32 Å². The fourth-order valence-corrected chi connectivity index (χ4v) is 2.64. The summed E-state index contributed by atoms with van der Waals surface area (Å²) in [6.45, 7) is 0. The first-order chi connectivity index (χ1) is 10.1. The molecule has 1 aliphatic rings. The minimum Gasteiger partial charge on any atom is -0.504 e. The fraction of sp³-hybridized carbons (Fsp3) is 0.429. The van der Waals surface area contributed by atoms with E-state index in [0.29, 0.717) is 11.3 Å². The van der Waals surface area contributed by atoms with E-state index in [1.165, 1.54) is 19.2 Å². The molecule has 2 atom stereocenters. The number of amidine groups is 1. The monoisotopic (exact) mass is 293 g/mol. The number of amides is 1. The average Bonchev–Trinajstić information content (AvgIpc) is 2.94. The Morgan fingerprint density at radius 2 is 2.24 bits per heavy atom. The van der Waals surface area contributed by atoms with Gasteiger partial charge in [-0.05, 0) is 31.0 Å². The number of methoxy groups -OCH3 is 1. The van der Waals surface area contributed by atoms with E-state index in [1.807, 2.05) is 0 Å². The first-order valence-electron chi connectivity index (χ1n) is 6.72. The molecule has 1 aromatic rings. The normalized spacial score (nSPS) is 22.0. The maximum Gasteiger partial charge on any atom is 0.251 e. The highest BCUT2D eigenvalue weighted by atomic mass is 16.5. The zero-order valence-corrected chi connectivity index (χ0v) is 11.7. The lowest BCUT2D eigenvalue weighted by Crippen LogP contribution is -2.42. The summed E-state index contributed by atoms with van der Waals surface area (Å²) < 4.78 is 4.93. The van der Waals surface area contributed by atoms with Gasteiger partial charge in [0.1, 0.15) is 5.84 Å². The van der Waals surface area contributed by atoms with Gasteiger partial charge < -0.3 is 26.1 Å². The van der Waals surface area contributed by atoms with Gasteiger partial charge in [0.25, 0.3) is 5.91 Å². The lowest BCUT2D eigenvalue weighted by molar-refractivity contribution is 0.0933. The van der Waals surface area contributed by atoms with Gasteiger partial charge in [-0.3, -0.25) is 4.79 Å². The molecule has 1 fully saturated rings. The van der Waals surface area contributed by atoms with Crippen LogP contribution >= 0.6 is 0 Å². The molecule has 1 aliphatic carbocycles. The Balaban J connectivity index is 2.09. The first kappa shape index (κ1) is 15.0. The Morgan fingerprint density at radius 3 is 2.86 bits per heavy atom. The molecule has 0 bridgehead atoms. The van der Waals surface area contributed by atoms with Crippen LogP contribution in [-0.2, 0) is 0 Å². The number of carbonyl (C=O) groups excluding carboxylic acids is 1. The van der Waals surface area contributed by atoms with E-state index in [0.717, 1.165) is 19.3 Å². The summed E-state index contributed by atoms with van der Waals surface area (Å²) >= 11 is 0. The molecule has 0 aromatic heterocycles. The van der Waals surface area contributed by atoms with Gasteiger partial charge in [-0.15, -0.1) is 0 Å². The number of oxime groups is 1. The first-order valence-corrected chi connectivity index (χ1v) is 6.72. The predicted octanol–water partition coefficient (Wildman–Crippen LogP) is 1.05. The van der Waals surface area contributed by atoms with Crippen molar-refractivity contribution in [2.45, 2.75) is 25.3 Å². The number of carbonyl (C=O) groups is 1. The van der Waals surface area contributed by atoms with Crippen LogP contribution < -0.4 is 15.8 Å². The van der Waals surface area contributed by atoms with Crippen molar-refractivity contribution in [2.24, 2.45) is 16.8 Å². The van der Waals surface area contributed by atoms with Crippen molar-refractivity contribution in [3.63, 3.8) is 0 Å². The van der Waals surface area contributed by atoms with Gasteiger partial charge in [-0.2, -0.15) is 0 Å². The molecule has 0 saturated heterocycles. The molecule has 1 saturated carbocycles. The lowest BCUT2D eigenvalue weighted by atomic mass is 10.0. The molecular weight excluding hydrogens is 274 g/mol. The minimum atomic E-state index is -0.310. The smallest absolute Gasteiger partial charge is 0.251 e. The molecule has 0 spiro atoms. The molecule has 2 unspecified atom stereocenters. The number of nitrogens with zero attached hydrogens (tertiary/aromatic N) is 1. The zero-order chi connectivity index (χ0) is 15.4. The van der Waals surface area contributed by atoms with Crippen molar-refractivity contribution < 1.29 is 19.8 Å². The zero-order valence-electron chi connectivity index (χ0n) is 11.7. The molecule has 2 rings (SSSR count). The topological polar surface area (TPSA) is 117 Å². The van der Waals surface area contributed by atoms with Gasteiger partial charge in [0.2, 0.25) is 0 Å². The Hall–Kier alpha value is -2.44. The number of rotatable bonds is 4. The Morgan fingerprint density at radius 1 is 1.48 bits per heavy atom. The van der Waals surface area contributed by atoms with Gasteiger partial charge >= 0.3 is 0 Å². The fourth-order valence-electron chi connectivity index (χ4n) is 2.64. The highest BCUT2D eigenvalue weighted by Crippen LogP contribution is 2.28. The molecule has 7 heteroatoms. The van der Waals surface area contributed by atoms with Crippen LogP contribution in [0.3, 0.4) is 0 Å². The average molecular weight is 293 g/mol. The van der Waals surface area contributed by atoms with E-state index < -0.39 is 0 Å². The molecule has 0 heterocycles. The third-order valence-electron chi connectivity index (χ3n) is 3.77. The third-order valence-corrected chi connectivity index (χ3v) is 3.77. The Kier molecular flexibility index (Phi) is 4.52. The van der Waals surface area contributed by atoms with Crippen LogP contribution in [0.2, 0.25) is 0 Å². The number of hydrogen-bond donors (Lipinski definition) is 4. The molecule has 1 aromatic carbocycles. The summed E-state index contributed by atoms with van der Waals surface area (Å²) in [5, 5.41) is 24.4. The lowest BCUT2D eigenvalue weighted by Gasteiger charge is -2.20. The van der Waals surface area contributed by atoms with Crippen LogP contribution in [0.4, 0.5) is 0 Å². The molecular formula is C14H19N3O4. The van der Waals surface area contributed by atoms with Gasteiger partial charge in [-0.1, -0.05) is 11.6 Å². The number of phenolic OH excluding ortho intramolecular Hbond substituents is 1. The van der Waals surface area contributed by atoms with E-state index in [-0.39, 0.29) is 29.5 Å². The van der Waals surface area contributed by atoms with E-state index in [1.54, 1.807) is 6.07 Å². The molecule has 0 aliphatic heterocycles. The van der Waals surface area contributed by atoms with Crippen LogP contribution in [0.1, 0.15) is 29.6 Å². The largest absolute Gasteiger partial charge is 0.504 e. The van der Waals surface area contributed by atoms with Crippen LogP contribution in [0.15, 0.2) is 23.4 Å². The highest BCUT2D eigenvalue weighted by molar-refractivity contribution is 5.95. The van der Waals surface area contributed by atoms with E-state index >= 15 is 0 Å². The second kappa shape index (κ2) is 6.34. The molecule has 7 nitrogen and oxygen atoms in total.